The summed E-state index contributed by atoms with van der Waals surface area (Å²) in [6.45, 7) is 3.34. The standard InChI is InChI=1S/C20H28FN3O.HI/c1-13-11-14(5-6-16(13)21)12-23-19(22-2)24-17-15-7-10-25-18(15)20(17)8-3-4-9-20;/h5-6,11,15,17-18H,3-4,7-10,12H2,1-2H3,(H2,22,23,24);1H. The van der Waals surface area contributed by atoms with Crippen molar-refractivity contribution in [3.63, 3.8) is 0 Å². The highest BCUT2D eigenvalue weighted by Gasteiger charge is 2.65. The largest absolute Gasteiger partial charge is 0.377 e. The highest BCUT2D eigenvalue weighted by atomic mass is 127. The SMILES string of the molecule is CN=C(NCc1ccc(F)c(C)c1)NC1C2CCOC2C12CCCC2.I. The average Bonchev–Trinajstić information content (AvgIpc) is 3.26. The van der Waals surface area contributed by atoms with Gasteiger partial charge in [-0.2, -0.15) is 0 Å². The minimum Gasteiger partial charge on any atom is -0.377 e. The third-order valence-corrected chi connectivity index (χ3v) is 6.48. The van der Waals surface area contributed by atoms with Crippen LogP contribution in [-0.2, 0) is 11.3 Å². The van der Waals surface area contributed by atoms with Crippen LogP contribution in [0, 0.1) is 24.1 Å². The number of ether oxygens (including phenoxy) is 1. The maximum atomic E-state index is 13.4. The van der Waals surface area contributed by atoms with Gasteiger partial charge in [-0.1, -0.05) is 25.0 Å². The number of aryl methyl sites for hydroxylation is 1. The molecule has 3 atom stereocenters. The molecule has 0 radical (unpaired) electrons. The Bertz CT molecular complexity index is 675. The summed E-state index contributed by atoms with van der Waals surface area (Å²) in [6, 6.07) is 5.70. The van der Waals surface area contributed by atoms with E-state index < -0.39 is 0 Å². The Hall–Kier alpha value is -0.890. The fourth-order valence-electron chi connectivity index (χ4n) is 5.25. The van der Waals surface area contributed by atoms with Gasteiger partial charge in [0.25, 0.3) is 0 Å². The fourth-order valence-corrected chi connectivity index (χ4v) is 5.25. The molecule has 4 nitrogen and oxygen atoms in total. The first kappa shape index (κ1) is 19.9. The van der Waals surface area contributed by atoms with Crippen LogP contribution >= 0.6 is 24.0 Å². The van der Waals surface area contributed by atoms with Gasteiger partial charge in [-0.15, -0.1) is 24.0 Å². The zero-order chi connectivity index (χ0) is 17.4. The minimum atomic E-state index is -0.156. The van der Waals surface area contributed by atoms with Gasteiger partial charge in [0.2, 0.25) is 0 Å². The Kier molecular flexibility index (Phi) is 6.11. The number of hydrogen-bond donors (Lipinski definition) is 2. The van der Waals surface area contributed by atoms with Gasteiger partial charge in [0.05, 0.1) is 6.10 Å². The molecule has 2 aliphatic carbocycles. The molecule has 6 heteroatoms. The first-order valence-electron chi connectivity index (χ1n) is 9.48. The van der Waals surface area contributed by atoms with Crippen molar-refractivity contribution in [3.8, 4) is 0 Å². The molecule has 3 unspecified atom stereocenters. The van der Waals surface area contributed by atoms with Crippen LogP contribution in [0.3, 0.4) is 0 Å². The molecule has 4 rings (SSSR count). The van der Waals surface area contributed by atoms with E-state index in [0.717, 1.165) is 24.6 Å². The number of rotatable bonds is 3. The minimum absolute atomic E-state index is 0. The fraction of sp³-hybridized carbons (Fsp3) is 0.650. The highest BCUT2D eigenvalue weighted by molar-refractivity contribution is 14.0. The van der Waals surface area contributed by atoms with Crippen molar-refractivity contribution < 1.29 is 9.13 Å². The lowest BCUT2D eigenvalue weighted by atomic mass is 9.54. The number of fused-ring (bicyclic) bond motifs is 2. The van der Waals surface area contributed by atoms with E-state index in [0.29, 0.717) is 35.6 Å². The molecule has 0 aromatic heterocycles. The first-order chi connectivity index (χ1) is 12.1. The number of aliphatic imine (C=N–C) groups is 1. The van der Waals surface area contributed by atoms with Gasteiger partial charge >= 0.3 is 0 Å². The van der Waals surface area contributed by atoms with Gasteiger partial charge in [-0.25, -0.2) is 4.39 Å². The summed E-state index contributed by atoms with van der Waals surface area (Å²) >= 11 is 0. The summed E-state index contributed by atoms with van der Waals surface area (Å²) in [5.74, 6) is 1.30. The van der Waals surface area contributed by atoms with Crippen molar-refractivity contribution in [1.82, 2.24) is 10.6 Å². The summed E-state index contributed by atoms with van der Waals surface area (Å²) in [5, 5.41) is 7.08. The van der Waals surface area contributed by atoms with Crippen LogP contribution in [0.25, 0.3) is 0 Å². The highest BCUT2D eigenvalue weighted by Crippen LogP contribution is 2.60. The number of nitrogens with one attached hydrogen (secondary N) is 2. The number of guanidine groups is 1. The average molecular weight is 473 g/mol. The third-order valence-electron chi connectivity index (χ3n) is 6.48. The van der Waals surface area contributed by atoms with E-state index in [9.17, 15) is 4.39 Å². The Morgan fingerprint density at radius 1 is 1.35 bits per heavy atom. The lowest BCUT2D eigenvalue weighted by molar-refractivity contribution is -0.125. The van der Waals surface area contributed by atoms with Crippen LogP contribution in [-0.4, -0.2) is 31.8 Å². The summed E-state index contributed by atoms with van der Waals surface area (Å²) < 4.78 is 19.5. The Morgan fingerprint density at radius 2 is 2.12 bits per heavy atom. The van der Waals surface area contributed by atoms with Crippen LogP contribution in [0.15, 0.2) is 23.2 Å². The van der Waals surface area contributed by atoms with E-state index in [2.05, 4.69) is 15.6 Å². The number of halogens is 2. The van der Waals surface area contributed by atoms with Crippen molar-refractivity contribution >= 4 is 29.9 Å². The van der Waals surface area contributed by atoms with Crippen LogP contribution in [0.2, 0.25) is 0 Å². The Morgan fingerprint density at radius 3 is 2.81 bits per heavy atom. The molecule has 3 aliphatic rings. The van der Waals surface area contributed by atoms with Gasteiger partial charge in [0.1, 0.15) is 5.82 Å². The molecule has 1 saturated heterocycles. The van der Waals surface area contributed by atoms with E-state index in [1.807, 2.05) is 19.2 Å². The van der Waals surface area contributed by atoms with Crippen LogP contribution in [0.5, 0.6) is 0 Å². The molecule has 1 aromatic rings. The van der Waals surface area contributed by atoms with E-state index in [1.54, 1.807) is 6.92 Å². The molecule has 2 saturated carbocycles. The summed E-state index contributed by atoms with van der Waals surface area (Å²) in [5.41, 5.74) is 2.05. The van der Waals surface area contributed by atoms with Gasteiger partial charge in [-0.3, -0.25) is 4.99 Å². The molecule has 1 aliphatic heterocycles. The zero-order valence-corrected chi connectivity index (χ0v) is 17.9. The van der Waals surface area contributed by atoms with Crippen LogP contribution < -0.4 is 10.6 Å². The molecule has 144 valence electrons. The van der Waals surface area contributed by atoms with Crippen LogP contribution in [0.1, 0.15) is 43.2 Å². The van der Waals surface area contributed by atoms with Crippen molar-refractivity contribution in [2.24, 2.45) is 16.3 Å². The normalized spacial score (nSPS) is 29.0. The summed E-state index contributed by atoms with van der Waals surface area (Å²) in [4.78, 5) is 4.41. The van der Waals surface area contributed by atoms with Crippen molar-refractivity contribution in [2.75, 3.05) is 13.7 Å². The lowest BCUT2D eigenvalue weighted by Crippen LogP contribution is -2.69. The molecule has 0 amide bonds. The number of nitrogens with zero attached hydrogens (tertiary/aromatic N) is 1. The van der Waals surface area contributed by atoms with Crippen LogP contribution in [0.4, 0.5) is 4.39 Å². The van der Waals surface area contributed by atoms with Gasteiger partial charge < -0.3 is 15.4 Å². The molecule has 1 spiro atoms. The molecule has 3 fully saturated rings. The molecule has 1 aromatic carbocycles. The van der Waals surface area contributed by atoms with Crippen molar-refractivity contribution in [3.05, 3.63) is 35.1 Å². The van der Waals surface area contributed by atoms with Gasteiger partial charge in [0, 0.05) is 37.6 Å². The molecular weight excluding hydrogens is 444 g/mol. The maximum Gasteiger partial charge on any atom is 0.191 e. The van der Waals surface area contributed by atoms with Crippen molar-refractivity contribution in [2.45, 2.75) is 57.7 Å². The Labute approximate surface area is 172 Å². The third kappa shape index (κ3) is 3.35. The van der Waals surface area contributed by atoms with E-state index in [4.69, 9.17) is 4.74 Å². The van der Waals surface area contributed by atoms with E-state index in [1.165, 1.54) is 31.7 Å². The molecule has 2 N–H and O–H groups in total. The number of benzene rings is 1. The summed E-state index contributed by atoms with van der Waals surface area (Å²) in [7, 11) is 1.81. The summed E-state index contributed by atoms with van der Waals surface area (Å²) in [6.07, 6.45) is 6.75. The predicted octanol–water partition coefficient (Wildman–Crippen LogP) is 3.76. The first-order valence-corrected chi connectivity index (χ1v) is 9.48. The molecule has 26 heavy (non-hydrogen) atoms. The quantitative estimate of drug-likeness (QED) is 0.399. The van der Waals surface area contributed by atoms with E-state index >= 15 is 0 Å². The van der Waals surface area contributed by atoms with E-state index in [-0.39, 0.29) is 29.8 Å². The lowest BCUT2D eigenvalue weighted by Gasteiger charge is -2.57. The van der Waals surface area contributed by atoms with Gasteiger partial charge in [-0.05, 0) is 43.4 Å². The monoisotopic (exact) mass is 473 g/mol. The molecule has 0 bridgehead atoms. The van der Waals surface area contributed by atoms with Crippen molar-refractivity contribution in [1.29, 1.82) is 0 Å². The topological polar surface area (TPSA) is 45.7 Å². The smallest absolute Gasteiger partial charge is 0.191 e. The van der Waals surface area contributed by atoms with Gasteiger partial charge in [0.15, 0.2) is 5.96 Å². The number of hydrogen-bond acceptors (Lipinski definition) is 2. The predicted molar refractivity (Wildman–Crippen MR) is 112 cm³/mol. The Balaban J connectivity index is 0.00000196. The maximum absolute atomic E-state index is 13.4. The molecule has 1 heterocycles. The second-order valence-electron chi connectivity index (χ2n) is 7.82. The second-order valence-corrected chi connectivity index (χ2v) is 7.82. The zero-order valence-electron chi connectivity index (χ0n) is 15.6. The second kappa shape index (κ2) is 8.00. The molecular formula is C20H29FIN3O.